The molecular weight excluding hydrogens is 395 g/mol. The van der Waals surface area contributed by atoms with Crippen LogP contribution in [0.1, 0.15) is 24.0 Å². The van der Waals surface area contributed by atoms with Gasteiger partial charge in [-0.2, -0.15) is 8.78 Å². The van der Waals surface area contributed by atoms with Crippen molar-refractivity contribution in [2.45, 2.75) is 39.0 Å². The summed E-state index contributed by atoms with van der Waals surface area (Å²) in [6, 6.07) is 8.12. The van der Waals surface area contributed by atoms with E-state index in [1.54, 1.807) is 7.05 Å². The Balaban J connectivity index is 1.53. The van der Waals surface area contributed by atoms with Gasteiger partial charge in [-0.05, 0) is 43.5 Å². The van der Waals surface area contributed by atoms with Crippen LogP contribution in [0.4, 0.5) is 19.0 Å². The van der Waals surface area contributed by atoms with E-state index in [4.69, 9.17) is 0 Å². The molecule has 0 amide bonds. The molecule has 0 radical (unpaired) electrons. The van der Waals surface area contributed by atoms with Crippen LogP contribution in [-0.4, -0.2) is 43.7 Å². The van der Waals surface area contributed by atoms with Gasteiger partial charge in [-0.25, -0.2) is 9.37 Å². The molecule has 9 heteroatoms. The number of benzene rings is 1. The fourth-order valence-electron chi connectivity index (χ4n) is 3.38. The lowest BCUT2D eigenvalue weighted by atomic mass is 10.1. The number of aryl methyl sites for hydroxylation is 1. The van der Waals surface area contributed by atoms with E-state index in [0.717, 1.165) is 37.3 Å². The molecule has 0 aliphatic carbocycles. The molecule has 2 aromatic rings. The number of guanidine groups is 1. The third kappa shape index (κ3) is 5.77. The Bertz CT molecular complexity index is 852. The molecule has 162 valence electrons. The molecule has 1 aromatic carbocycles. The van der Waals surface area contributed by atoms with Crippen LogP contribution in [0.25, 0.3) is 0 Å². The maximum Gasteiger partial charge on any atom is 0.387 e. The minimum Gasteiger partial charge on any atom is -0.434 e. The molecule has 1 fully saturated rings. The molecule has 6 nitrogen and oxygen atoms in total. The van der Waals surface area contributed by atoms with Crippen molar-refractivity contribution in [1.29, 1.82) is 0 Å². The molecule has 0 unspecified atom stereocenters. The van der Waals surface area contributed by atoms with E-state index in [0.29, 0.717) is 5.96 Å². The Morgan fingerprint density at radius 3 is 2.67 bits per heavy atom. The van der Waals surface area contributed by atoms with Gasteiger partial charge in [0.25, 0.3) is 0 Å². The number of alkyl halides is 2. The summed E-state index contributed by atoms with van der Waals surface area (Å²) in [5.74, 6) is 0.641. The third-order valence-electron chi connectivity index (χ3n) is 5.00. The molecule has 0 spiro atoms. The molecule has 0 saturated carbocycles. The molecule has 2 heterocycles. The van der Waals surface area contributed by atoms with Crippen LogP contribution in [0.2, 0.25) is 0 Å². The molecule has 0 bridgehead atoms. The van der Waals surface area contributed by atoms with Gasteiger partial charge in [0.2, 0.25) is 0 Å². The highest BCUT2D eigenvalue weighted by molar-refractivity contribution is 5.80. The highest BCUT2D eigenvalue weighted by Crippen LogP contribution is 2.23. The van der Waals surface area contributed by atoms with Crippen LogP contribution in [0, 0.1) is 12.7 Å². The Kier molecular flexibility index (Phi) is 7.37. The maximum absolute atomic E-state index is 14.1. The van der Waals surface area contributed by atoms with Gasteiger partial charge in [0.05, 0.1) is 0 Å². The smallest absolute Gasteiger partial charge is 0.387 e. The van der Waals surface area contributed by atoms with E-state index < -0.39 is 12.4 Å². The molecule has 0 atom stereocenters. The number of aliphatic imine (C=N–C) groups is 1. The first-order chi connectivity index (χ1) is 14.5. The van der Waals surface area contributed by atoms with E-state index in [1.165, 1.54) is 18.2 Å². The van der Waals surface area contributed by atoms with E-state index >= 15 is 0 Å². The van der Waals surface area contributed by atoms with Crippen LogP contribution in [-0.2, 0) is 6.54 Å². The quantitative estimate of drug-likeness (QED) is 0.553. The Hall–Kier alpha value is -2.97. The molecule has 1 aliphatic heterocycles. The van der Waals surface area contributed by atoms with Crippen LogP contribution < -0.4 is 20.3 Å². The van der Waals surface area contributed by atoms with Crippen molar-refractivity contribution in [2.24, 2.45) is 4.99 Å². The number of rotatable bonds is 6. The van der Waals surface area contributed by atoms with E-state index in [9.17, 15) is 13.2 Å². The van der Waals surface area contributed by atoms with Crippen molar-refractivity contribution < 1.29 is 17.9 Å². The van der Waals surface area contributed by atoms with E-state index in [-0.39, 0.29) is 23.9 Å². The topological polar surface area (TPSA) is 61.8 Å². The fraction of sp³-hybridized carbons (Fsp3) is 0.429. The minimum absolute atomic E-state index is 0.0273. The summed E-state index contributed by atoms with van der Waals surface area (Å²) in [5.41, 5.74) is 1.16. The predicted octanol–water partition coefficient (Wildman–Crippen LogP) is 3.46. The van der Waals surface area contributed by atoms with Crippen molar-refractivity contribution in [1.82, 2.24) is 15.6 Å². The first kappa shape index (κ1) is 21.7. The molecule has 1 saturated heterocycles. The van der Waals surface area contributed by atoms with Crippen LogP contribution >= 0.6 is 0 Å². The van der Waals surface area contributed by atoms with E-state index in [1.807, 2.05) is 25.3 Å². The fourth-order valence-corrected chi connectivity index (χ4v) is 3.38. The van der Waals surface area contributed by atoms with Gasteiger partial charge in [-0.3, -0.25) is 4.99 Å². The normalized spacial score (nSPS) is 15.4. The minimum atomic E-state index is -3.02. The van der Waals surface area contributed by atoms with Gasteiger partial charge in [-0.15, -0.1) is 0 Å². The highest BCUT2D eigenvalue weighted by Gasteiger charge is 2.21. The zero-order chi connectivity index (χ0) is 21.5. The first-order valence-corrected chi connectivity index (χ1v) is 9.83. The number of nitrogens with zero attached hydrogens (tertiary/aromatic N) is 3. The second-order valence-electron chi connectivity index (χ2n) is 7.12. The van der Waals surface area contributed by atoms with Crippen molar-refractivity contribution in [2.75, 3.05) is 25.0 Å². The van der Waals surface area contributed by atoms with Crippen LogP contribution in [0.5, 0.6) is 5.75 Å². The average molecular weight is 421 g/mol. The molecule has 30 heavy (non-hydrogen) atoms. The third-order valence-corrected chi connectivity index (χ3v) is 5.00. The number of hydrogen-bond donors (Lipinski definition) is 2. The second-order valence-corrected chi connectivity index (χ2v) is 7.12. The number of pyridine rings is 1. The second kappa shape index (κ2) is 10.2. The van der Waals surface area contributed by atoms with Crippen molar-refractivity contribution in [3.05, 3.63) is 53.5 Å². The van der Waals surface area contributed by atoms with Gasteiger partial charge < -0.3 is 20.3 Å². The number of ether oxygens (including phenoxy) is 1. The first-order valence-electron chi connectivity index (χ1n) is 9.83. The number of halogens is 3. The maximum atomic E-state index is 14.1. The molecule has 1 aromatic heterocycles. The van der Waals surface area contributed by atoms with Gasteiger partial charge in [0, 0.05) is 44.5 Å². The number of anilines is 1. The summed E-state index contributed by atoms with van der Waals surface area (Å²) in [5, 5.41) is 6.30. The van der Waals surface area contributed by atoms with E-state index in [2.05, 4.69) is 30.2 Å². The zero-order valence-corrected chi connectivity index (χ0v) is 17.0. The highest BCUT2D eigenvalue weighted by atomic mass is 19.3. The molecule has 3 rings (SSSR count). The molecule has 2 N–H and O–H groups in total. The van der Waals surface area contributed by atoms with Crippen molar-refractivity contribution >= 4 is 11.8 Å². The summed E-state index contributed by atoms with van der Waals surface area (Å²) in [6.07, 6.45) is 3.63. The van der Waals surface area contributed by atoms with Gasteiger partial charge in [0.1, 0.15) is 17.4 Å². The number of aromatic nitrogens is 1. The zero-order valence-electron chi connectivity index (χ0n) is 17.0. The monoisotopic (exact) mass is 421 g/mol. The number of nitrogens with one attached hydrogen (secondary N) is 2. The van der Waals surface area contributed by atoms with Crippen molar-refractivity contribution in [3.8, 4) is 5.75 Å². The van der Waals surface area contributed by atoms with Gasteiger partial charge in [-0.1, -0.05) is 12.1 Å². The lowest BCUT2D eigenvalue weighted by Crippen LogP contribution is -2.48. The van der Waals surface area contributed by atoms with Crippen LogP contribution in [0.3, 0.4) is 0 Å². The van der Waals surface area contributed by atoms with Gasteiger partial charge >= 0.3 is 6.61 Å². The molecule has 1 aliphatic rings. The summed E-state index contributed by atoms with van der Waals surface area (Å²) in [4.78, 5) is 10.9. The largest absolute Gasteiger partial charge is 0.434 e. The summed E-state index contributed by atoms with van der Waals surface area (Å²) in [6.45, 7) is 0.668. The van der Waals surface area contributed by atoms with Crippen molar-refractivity contribution in [3.63, 3.8) is 0 Å². The average Bonchev–Trinajstić information content (AvgIpc) is 2.73. The Morgan fingerprint density at radius 1 is 1.27 bits per heavy atom. The van der Waals surface area contributed by atoms with Crippen LogP contribution in [0.15, 0.2) is 41.5 Å². The summed E-state index contributed by atoms with van der Waals surface area (Å²) in [7, 11) is 1.61. The predicted molar refractivity (Wildman–Crippen MR) is 111 cm³/mol. The summed E-state index contributed by atoms with van der Waals surface area (Å²) < 4.78 is 43.7. The lowest BCUT2D eigenvalue weighted by Gasteiger charge is -2.33. The standard InChI is InChI=1S/C21H26F3N5O/c1-14-6-7-19(26-12-14)29-10-8-15(9-11-29)28-21(25-2)27-13-16-17(22)4-3-5-18(16)30-20(23)24/h3-7,12,15,20H,8-11,13H2,1-2H3,(H2,25,27,28). The Morgan fingerprint density at radius 2 is 2.03 bits per heavy atom. The number of piperidine rings is 1. The Labute approximate surface area is 174 Å². The molecular formula is C21H26F3N5O. The van der Waals surface area contributed by atoms with Gasteiger partial charge in [0.15, 0.2) is 5.96 Å². The lowest BCUT2D eigenvalue weighted by molar-refractivity contribution is -0.0506. The summed E-state index contributed by atoms with van der Waals surface area (Å²) >= 11 is 0. The SMILES string of the molecule is CN=C(NCc1c(F)cccc1OC(F)F)NC1CCN(c2ccc(C)cn2)CC1. The number of hydrogen-bond acceptors (Lipinski definition) is 4.